The monoisotopic (exact) mass is 1620 g/mol. The molecule has 0 rings (SSSR count). The quantitative estimate of drug-likeness (QED) is 0.0199. The molecule has 0 aliphatic heterocycles. The molecule has 0 aromatic carbocycles. The number of carbonyl (C=O) groups is 2. The molecule has 0 saturated heterocycles. The summed E-state index contributed by atoms with van der Waals surface area (Å²) >= 11 is 0. The van der Waals surface area contributed by atoms with Gasteiger partial charge < -0.3 is 63.0 Å². The first-order valence-corrected chi connectivity index (χ1v) is 49.7. The second kappa shape index (κ2) is 86.3. The number of aliphatic hydroxyl groups excluding tert-OH is 6. The third-order valence-corrected chi connectivity index (χ3v) is 24.6. The van der Waals surface area contributed by atoms with E-state index >= 15 is 0 Å². The number of nitrogens with two attached hydrogens (primary N) is 2. The highest BCUT2D eigenvalue weighted by Gasteiger charge is 2.33. The van der Waals surface area contributed by atoms with Crippen molar-refractivity contribution < 1.29 is 50.4 Å². The molecular formula is C95H197N9O10. The van der Waals surface area contributed by atoms with Gasteiger partial charge in [-0.2, -0.15) is 0 Å². The van der Waals surface area contributed by atoms with Gasteiger partial charge in [-0.05, 0) is 116 Å². The number of unbranched alkanes of at least 4 members (excludes halogenated alkanes) is 55. The Hall–Kier alpha value is -1.66. The highest BCUT2D eigenvalue weighted by atomic mass is 16.5. The van der Waals surface area contributed by atoms with Crippen molar-refractivity contribution in [3.8, 4) is 0 Å². The molecule has 0 bridgehead atoms. The number of hydrogen-bond donors (Lipinski definition) is 17. The van der Waals surface area contributed by atoms with E-state index in [1.807, 2.05) is 0 Å². The van der Waals surface area contributed by atoms with Crippen LogP contribution in [0.25, 0.3) is 0 Å². The number of likely N-dealkylation sites (N-methyl/N-ethyl adjacent to an activating group) is 1. The molecule has 0 heterocycles. The first-order valence-electron chi connectivity index (χ1n) is 49.7. The molecule has 0 spiro atoms. The molecule has 0 aliphatic rings. The molecule has 0 fully saturated rings. The number of aliphatic carboxylic acids is 1. The zero-order valence-corrected chi connectivity index (χ0v) is 75.6. The lowest BCUT2D eigenvalue weighted by Crippen LogP contribution is -2.62. The molecule has 19 nitrogen and oxygen atoms in total. The second-order valence-corrected chi connectivity index (χ2v) is 35.4. The standard InChI is InChI=1S/C95H197N9O10/c1-6-10-14-18-22-26-30-34-38-42-46-50-54-58-68-81(69-59-55-51-47-43-39-35-31-27-23-19-15-11-7-2)89(107)99-78-66-63-73-84(101-91(109)83(97)80-98-5)92(110)102-85(72-62-65-77-96)93(111)103-86(94(112)104-87(95(113)114)75-76-88(105)106)74-64-67-79-100-90(108)82(70-60-56-52-48-44-40-36-32-28-24-20-16-12-8-3)71-61-57-53-49-45-41-37-33-29-25-21-17-13-9-4/h81-87,89-90,92-95,98-100,102-104,107-108,110-114H,6-80,96-97H2,1-5H3,(H,101,109)(H,105,106)/t83-,84+,85-,86+,87-,89+,90+,92+,93-,94+/m0/s1. The van der Waals surface area contributed by atoms with Crippen LogP contribution in [0, 0.1) is 11.8 Å². The fraction of sp³-hybridized carbons (Fsp3) is 0.979. The Kier molecular flexibility index (Phi) is 85.0. The Morgan fingerprint density at radius 1 is 0.289 bits per heavy atom. The average Bonchev–Trinajstić information content (AvgIpc) is 0.863. The molecule has 0 aromatic rings. The molecule has 0 aliphatic carbocycles. The summed E-state index contributed by atoms with van der Waals surface area (Å²) in [6.07, 6.45) is 73.8. The van der Waals surface area contributed by atoms with Crippen molar-refractivity contribution in [2.24, 2.45) is 23.3 Å². The first kappa shape index (κ1) is 112. The van der Waals surface area contributed by atoms with Crippen molar-refractivity contribution in [1.29, 1.82) is 0 Å². The van der Waals surface area contributed by atoms with E-state index in [0.717, 1.165) is 51.4 Å². The predicted octanol–water partition coefficient (Wildman–Crippen LogP) is 20.0. The largest absolute Gasteiger partial charge is 0.481 e. The molecule has 19 N–H and O–H groups in total. The number of nitrogens with one attached hydrogen (secondary N) is 7. The summed E-state index contributed by atoms with van der Waals surface area (Å²) in [5, 5.41) is 113. The highest BCUT2D eigenvalue weighted by molar-refractivity contribution is 5.82. The topological polar surface area (TPSA) is 332 Å². The molecule has 0 saturated carbocycles. The van der Waals surface area contributed by atoms with Gasteiger partial charge in [0, 0.05) is 25.0 Å². The number of carboxylic acids is 1. The van der Waals surface area contributed by atoms with Gasteiger partial charge in [-0.3, -0.25) is 36.2 Å². The Morgan fingerprint density at radius 3 is 0.781 bits per heavy atom. The lowest BCUT2D eigenvalue weighted by atomic mass is 9.92. The molecule has 0 radical (unpaired) electrons. The normalized spacial score (nSPS) is 14.8. The molecule has 682 valence electrons. The van der Waals surface area contributed by atoms with E-state index in [1.165, 1.54) is 334 Å². The van der Waals surface area contributed by atoms with Crippen LogP contribution < -0.4 is 48.7 Å². The number of carbonyl (C=O) groups excluding carboxylic acids is 1. The van der Waals surface area contributed by atoms with E-state index in [-0.39, 0.29) is 31.2 Å². The fourth-order valence-electron chi connectivity index (χ4n) is 16.8. The van der Waals surface area contributed by atoms with Crippen LogP contribution in [0.15, 0.2) is 0 Å². The van der Waals surface area contributed by atoms with E-state index < -0.39 is 79.5 Å². The van der Waals surface area contributed by atoms with Crippen molar-refractivity contribution >= 4 is 11.9 Å². The Balaban J connectivity index is 6.24. The lowest BCUT2D eigenvalue weighted by molar-refractivity contribution is -0.138. The van der Waals surface area contributed by atoms with Crippen LogP contribution in [-0.2, 0) is 9.59 Å². The van der Waals surface area contributed by atoms with E-state index in [9.17, 15) is 50.4 Å². The molecule has 114 heavy (non-hydrogen) atoms. The SMILES string of the molecule is CCCCCCCCCCCCCCCCC(CCCCCCCCCCCCCCCC)[C@@H](O)NCCCC[C@@H](NC(=O)[C@@H](N)CNC)[C@@H](O)N[C@@H](CCCCN)[C@H](O)N[C@H](CCCCN[C@H](O)C(CCCCCCCCCCCCCCCC)CCCCCCCCCCCCCCCC)[C@@H](O)N[C@@H](CCC(=O)O)C(O)O. The Bertz CT molecular complexity index is 1900. The average molecular weight is 1630 g/mol. The Labute approximate surface area is 703 Å². The van der Waals surface area contributed by atoms with Crippen LogP contribution in [0.3, 0.4) is 0 Å². The summed E-state index contributed by atoms with van der Waals surface area (Å²) in [5.74, 6) is -1.27. The van der Waals surface area contributed by atoms with Gasteiger partial charge in [0.1, 0.15) is 31.1 Å². The van der Waals surface area contributed by atoms with E-state index in [4.69, 9.17) is 11.5 Å². The number of rotatable bonds is 95. The van der Waals surface area contributed by atoms with Crippen molar-refractivity contribution in [3.63, 3.8) is 0 Å². The number of carboxylic acid groups (broad SMARTS) is 1. The molecular weight excluding hydrogens is 1430 g/mol. The summed E-state index contributed by atoms with van der Waals surface area (Å²) in [6, 6.07) is -4.67. The second-order valence-electron chi connectivity index (χ2n) is 35.4. The van der Waals surface area contributed by atoms with Crippen LogP contribution >= 0.6 is 0 Å². The van der Waals surface area contributed by atoms with Crippen LogP contribution in [0.1, 0.15) is 484 Å². The highest BCUT2D eigenvalue weighted by Crippen LogP contribution is 2.26. The minimum absolute atomic E-state index is 0.135. The van der Waals surface area contributed by atoms with Crippen LogP contribution in [0.2, 0.25) is 0 Å². The molecule has 19 heteroatoms. The van der Waals surface area contributed by atoms with E-state index in [2.05, 4.69) is 64.9 Å². The van der Waals surface area contributed by atoms with Gasteiger partial charge in [-0.25, -0.2) is 0 Å². The maximum Gasteiger partial charge on any atom is 0.303 e. The van der Waals surface area contributed by atoms with Crippen LogP contribution in [-0.4, -0.2) is 154 Å². The summed E-state index contributed by atoms with van der Waals surface area (Å²) in [4.78, 5) is 25.4. The van der Waals surface area contributed by atoms with Crippen molar-refractivity contribution in [3.05, 3.63) is 0 Å². The number of aliphatic hydroxyl groups is 7. The molecule has 1 amide bonds. The van der Waals surface area contributed by atoms with Gasteiger partial charge in [-0.15, -0.1) is 0 Å². The lowest BCUT2D eigenvalue weighted by Gasteiger charge is -2.36. The zero-order chi connectivity index (χ0) is 83.6. The minimum Gasteiger partial charge on any atom is -0.481 e. The van der Waals surface area contributed by atoms with Gasteiger partial charge in [0.15, 0.2) is 6.29 Å². The number of amides is 1. The Morgan fingerprint density at radius 2 is 0.526 bits per heavy atom. The number of hydrogen-bond acceptors (Lipinski definition) is 17. The van der Waals surface area contributed by atoms with Gasteiger partial charge in [-0.1, -0.05) is 400 Å². The summed E-state index contributed by atoms with van der Waals surface area (Å²) in [5.41, 5.74) is 12.3. The third kappa shape index (κ3) is 72.0. The summed E-state index contributed by atoms with van der Waals surface area (Å²) < 4.78 is 0. The molecule has 0 unspecified atom stereocenters. The van der Waals surface area contributed by atoms with Gasteiger partial charge in [0.2, 0.25) is 5.91 Å². The third-order valence-electron chi connectivity index (χ3n) is 24.6. The zero-order valence-electron chi connectivity index (χ0n) is 75.6. The maximum atomic E-state index is 13.7. The van der Waals surface area contributed by atoms with Crippen LogP contribution in [0.5, 0.6) is 0 Å². The predicted molar refractivity (Wildman–Crippen MR) is 483 cm³/mol. The minimum atomic E-state index is -1.99. The first-order chi connectivity index (χ1) is 55.6. The summed E-state index contributed by atoms with van der Waals surface area (Å²) in [7, 11) is 1.72. The summed E-state index contributed by atoms with van der Waals surface area (Å²) in [6.45, 7) is 10.8. The fourth-order valence-corrected chi connectivity index (χ4v) is 16.8. The van der Waals surface area contributed by atoms with Crippen molar-refractivity contribution in [2.75, 3.05) is 33.2 Å². The molecule has 0 aromatic heterocycles. The van der Waals surface area contributed by atoms with E-state index in [0.29, 0.717) is 77.4 Å². The smallest absolute Gasteiger partial charge is 0.303 e. The van der Waals surface area contributed by atoms with Crippen molar-refractivity contribution in [2.45, 2.75) is 551 Å². The molecule has 10 atom stereocenters. The van der Waals surface area contributed by atoms with Gasteiger partial charge in [0.25, 0.3) is 0 Å². The van der Waals surface area contributed by atoms with Gasteiger partial charge in [0.05, 0.1) is 18.1 Å². The maximum absolute atomic E-state index is 13.7. The van der Waals surface area contributed by atoms with Crippen molar-refractivity contribution in [1.82, 2.24) is 37.2 Å². The van der Waals surface area contributed by atoms with Crippen LogP contribution in [0.4, 0.5) is 0 Å². The van der Waals surface area contributed by atoms with E-state index in [1.54, 1.807) is 7.05 Å². The van der Waals surface area contributed by atoms with Gasteiger partial charge >= 0.3 is 5.97 Å².